The minimum atomic E-state index is 0.648. The van der Waals surface area contributed by atoms with Crippen molar-refractivity contribution in [2.24, 2.45) is 0 Å². The van der Waals surface area contributed by atoms with Crippen molar-refractivity contribution in [1.82, 2.24) is 4.90 Å². The molecule has 2 aliphatic rings. The van der Waals surface area contributed by atoms with Crippen LogP contribution in [0.15, 0.2) is 77.3 Å². The highest BCUT2D eigenvalue weighted by molar-refractivity contribution is 9.10. The fourth-order valence-electron chi connectivity index (χ4n) is 5.28. The molecule has 0 amide bonds. The van der Waals surface area contributed by atoms with E-state index in [2.05, 4.69) is 87.6 Å². The lowest BCUT2D eigenvalue weighted by Gasteiger charge is -2.34. The van der Waals surface area contributed by atoms with Gasteiger partial charge in [0.15, 0.2) is 0 Å². The van der Waals surface area contributed by atoms with Gasteiger partial charge in [-0.05, 0) is 59.7 Å². The summed E-state index contributed by atoms with van der Waals surface area (Å²) in [5.74, 6) is 0.658. The monoisotopic (exact) mass is 461 g/mol. The van der Waals surface area contributed by atoms with E-state index >= 15 is 0 Å². The Bertz CT molecular complexity index is 1000. The first-order valence-electron chi connectivity index (χ1n) is 11.0. The zero-order chi connectivity index (χ0) is 20.3. The number of ether oxygens (including phenoxy) is 1. The Kier molecular flexibility index (Phi) is 6.03. The van der Waals surface area contributed by atoms with Gasteiger partial charge in [-0.2, -0.15) is 0 Å². The minimum absolute atomic E-state index is 0.648. The van der Waals surface area contributed by atoms with Crippen molar-refractivity contribution in [3.63, 3.8) is 0 Å². The quantitative estimate of drug-likeness (QED) is 0.416. The van der Waals surface area contributed by atoms with Gasteiger partial charge in [-0.1, -0.05) is 82.7 Å². The van der Waals surface area contributed by atoms with Crippen LogP contribution >= 0.6 is 15.9 Å². The van der Waals surface area contributed by atoms with Crippen LogP contribution in [-0.4, -0.2) is 17.5 Å². The molecule has 2 atom stereocenters. The Morgan fingerprint density at radius 1 is 0.833 bits per heavy atom. The molecule has 1 aliphatic carbocycles. The molecule has 0 unspecified atom stereocenters. The van der Waals surface area contributed by atoms with E-state index in [1.54, 1.807) is 11.1 Å². The maximum Gasteiger partial charge on any atom is 0.0724 e. The summed E-state index contributed by atoms with van der Waals surface area (Å²) in [5, 5.41) is 0. The van der Waals surface area contributed by atoms with Crippen LogP contribution in [0.3, 0.4) is 0 Å². The van der Waals surface area contributed by atoms with Gasteiger partial charge in [-0.25, -0.2) is 0 Å². The molecule has 1 heterocycles. The summed E-state index contributed by atoms with van der Waals surface area (Å²) in [6, 6.07) is 26.6. The predicted octanol–water partition coefficient (Wildman–Crippen LogP) is 6.47. The van der Waals surface area contributed by atoms with Crippen LogP contribution in [0.4, 0.5) is 0 Å². The normalized spacial score (nSPS) is 20.7. The van der Waals surface area contributed by atoms with Crippen LogP contribution in [0.2, 0.25) is 0 Å². The molecule has 1 fully saturated rings. The third kappa shape index (κ3) is 4.12. The molecule has 3 heteroatoms. The molecule has 30 heavy (non-hydrogen) atoms. The average molecular weight is 462 g/mol. The van der Waals surface area contributed by atoms with Gasteiger partial charge in [-0.3, -0.25) is 4.90 Å². The zero-order valence-corrected chi connectivity index (χ0v) is 18.9. The van der Waals surface area contributed by atoms with Gasteiger partial charge >= 0.3 is 0 Å². The molecule has 0 spiro atoms. The van der Waals surface area contributed by atoms with E-state index in [9.17, 15) is 0 Å². The smallest absolute Gasteiger partial charge is 0.0724 e. The topological polar surface area (TPSA) is 12.5 Å². The van der Waals surface area contributed by atoms with E-state index in [1.165, 1.54) is 47.0 Å². The molecule has 0 aromatic heterocycles. The molecule has 0 radical (unpaired) electrons. The maximum atomic E-state index is 6.06. The Hall–Kier alpha value is -1.94. The van der Waals surface area contributed by atoms with Crippen molar-refractivity contribution < 1.29 is 4.74 Å². The molecular weight excluding hydrogens is 434 g/mol. The van der Waals surface area contributed by atoms with Gasteiger partial charge in [0.25, 0.3) is 0 Å². The molecule has 5 rings (SSSR count). The van der Waals surface area contributed by atoms with Crippen LogP contribution in [0.25, 0.3) is 0 Å². The summed E-state index contributed by atoms with van der Waals surface area (Å²) in [6.45, 7) is 3.52. The molecule has 1 saturated heterocycles. The Morgan fingerprint density at radius 2 is 1.63 bits per heavy atom. The van der Waals surface area contributed by atoms with E-state index in [0.717, 1.165) is 6.54 Å². The van der Waals surface area contributed by atoms with E-state index in [0.29, 0.717) is 25.2 Å². The average Bonchev–Trinajstić information content (AvgIpc) is 3.19. The Morgan fingerprint density at radius 3 is 2.50 bits per heavy atom. The standard InChI is InChI=1S/C27H28BrNO/c28-25-12-6-11-21-13-14-26-24(27(21)25)15-16-29(26)17-22-9-4-5-10-23(22)19-30-18-20-7-2-1-3-8-20/h1-12,24,26H,13-19H2/t24-,26-/m1/s1. The van der Waals surface area contributed by atoms with Crippen LogP contribution in [0.1, 0.15) is 46.6 Å². The van der Waals surface area contributed by atoms with Crippen molar-refractivity contribution in [2.45, 2.75) is 51.0 Å². The second-order valence-electron chi connectivity index (χ2n) is 8.53. The Labute approximate surface area is 188 Å². The second kappa shape index (κ2) is 9.05. The zero-order valence-electron chi connectivity index (χ0n) is 17.3. The van der Waals surface area contributed by atoms with E-state index < -0.39 is 0 Å². The maximum absolute atomic E-state index is 6.06. The number of benzene rings is 3. The lowest BCUT2D eigenvalue weighted by molar-refractivity contribution is 0.105. The first-order valence-corrected chi connectivity index (χ1v) is 11.8. The third-order valence-corrected chi connectivity index (χ3v) is 7.44. The van der Waals surface area contributed by atoms with E-state index in [4.69, 9.17) is 4.74 Å². The minimum Gasteiger partial charge on any atom is -0.372 e. The van der Waals surface area contributed by atoms with Crippen LogP contribution in [-0.2, 0) is 30.9 Å². The molecule has 3 aromatic rings. The highest BCUT2D eigenvalue weighted by Gasteiger charge is 2.39. The lowest BCUT2D eigenvalue weighted by Crippen LogP contribution is -2.35. The van der Waals surface area contributed by atoms with Crippen molar-refractivity contribution in [3.05, 3.63) is 105 Å². The molecule has 0 saturated carbocycles. The van der Waals surface area contributed by atoms with E-state index in [-0.39, 0.29) is 0 Å². The molecule has 0 N–H and O–H groups in total. The van der Waals surface area contributed by atoms with Crippen molar-refractivity contribution in [1.29, 1.82) is 0 Å². The van der Waals surface area contributed by atoms with Crippen molar-refractivity contribution in [2.75, 3.05) is 6.54 Å². The van der Waals surface area contributed by atoms with E-state index in [1.807, 2.05) is 6.07 Å². The SMILES string of the molecule is Brc1cccc2c1[C@@H]1CCN(Cc3ccccc3COCc3ccccc3)[C@@H]1CC2. The predicted molar refractivity (Wildman–Crippen MR) is 125 cm³/mol. The number of nitrogens with zero attached hydrogens (tertiary/aromatic N) is 1. The van der Waals surface area contributed by atoms with Crippen LogP contribution < -0.4 is 0 Å². The third-order valence-electron chi connectivity index (χ3n) is 6.75. The van der Waals surface area contributed by atoms with Gasteiger partial charge in [0.2, 0.25) is 0 Å². The van der Waals surface area contributed by atoms with Gasteiger partial charge in [-0.15, -0.1) is 0 Å². The first-order chi connectivity index (χ1) is 14.8. The number of fused-ring (bicyclic) bond motifs is 3. The lowest BCUT2D eigenvalue weighted by atomic mass is 9.79. The van der Waals surface area contributed by atoms with Crippen LogP contribution in [0.5, 0.6) is 0 Å². The van der Waals surface area contributed by atoms with Gasteiger partial charge < -0.3 is 4.74 Å². The first kappa shape index (κ1) is 20.0. The second-order valence-corrected chi connectivity index (χ2v) is 9.39. The number of rotatable bonds is 6. The highest BCUT2D eigenvalue weighted by Crippen LogP contribution is 2.45. The number of halogens is 1. The van der Waals surface area contributed by atoms with Crippen molar-refractivity contribution in [3.8, 4) is 0 Å². The Balaban J connectivity index is 1.27. The highest BCUT2D eigenvalue weighted by atomic mass is 79.9. The number of hydrogen-bond donors (Lipinski definition) is 0. The van der Waals surface area contributed by atoms with Gasteiger partial charge in [0, 0.05) is 23.0 Å². The summed E-state index contributed by atoms with van der Waals surface area (Å²) in [6.07, 6.45) is 3.71. The molecule has 1 aliphatic heterocycles. The number of hydrogen-bond acceptors (Lipinski definition) is 2. The fraction of sp³-hybridized carbons (Fsp3) is 0.333. The molecule has 2 nitrogen and oxygen atoms in total. The largest absolute Gasteiger partial charge is 0.372 e. The molecule has 3 aromatic carbocycles. The number of likely N-dealkylation sites (tertiary alicyclic amines) is 1. The summed E-state index contributed by atoms with van der Waals surface area (Å²) in [7, 11) is 0. The van der Waals surface area contributed by atoms with Crippen LogP contribution in [0, 0.1) is 0 Å². The summed E-state index contributed by atoms with van der Waals surface area (Å²) in [5.41, 5.74) is 7.06. The van der Waals surface area contributed by atoms with Gasteiger partial charge in [0.1, 0.15) is 0 Å². The summed E-state index contributed by atoms with van der Waals surface area (Å²) >= 11 is 3.83. The summed E-state index contributed by atoms with van der Waals surface area (Å²) < 4.78 is 7.35. The molecular formula is C27H28BrNO. The molecule has 154 valence electrons. The van der Waals surface area contributed by atoms with Gasteiger partial charge in [0.05, 0.1) is 13.2 Å². The fourth-order valence-corrected chi connectivity index (χ4v) is 5.98. The molecule has 0 bridgehead atoms. The number of aryl methyl sites for hydroxylation is 1. The summed E-state index contributed by atoms with van der Waals surface area (Å²) in [4.78, 5) is 2.71. The van der Waals surface area contributed by atoms with Crippen molar-refractivity contribution >= 4 is 15.9 Å².